The first kappa shape index (κ1) is 21.6. The fourth-order valence-corrected chi connectivity index (χ4v) is 5.00. The molecule has 4 rings (SSSR count). The Hall–Kier alpha value is -3.59. The molecule has 2 aromatic carbocycles. The SMILES string of the molecule is COc1ccc(OC)c(S(=O)(=O)c2ccc(CNC(=O)C3Cc4cnccc4N3)cc2)c1. The van der Waals surface area contributed by atoms with E-state index in [-0.39, 0.29) is 34.0 Å². The van der Waals surface area contributed by atoms with Crippen molar-refractivity contribution < 1.29 is 22.7 Å². The Morgan fingerprint density at radius 2 is 1.91 bits per heavy atom. The van der Waals surface area contributed by atoms with E-state index in [9.17, 15) is 13.2 Å². The maximum atomic E-state index is 13.1. The highest BCUT2D eigenvalue weighted by Gasteiger charge is 2.26. The van der Waals surface area contributed by atoms with Gasteiger partial charge in [0.25, 0.3) is 0 Å². The third-order valence-electron chi connectivity index (χ3n) is 5.33. The second kappa shape index (κ2) is 8.88. The molecule has 9 heteroatoms. The number of aromatic nitrogens is 1. The number of sulfone groups is 1. The first-order chi connectivity index (χ1) is 15.4. The molecule has 0 saturated heterocycles. The number of carbonyl (C=O) groups excluding carboxylic acids is 1. The van der Waals surface area contributed by atoms with E-state index in [4.69, 9.17) is 9.47 Å². The van der Waals surface area contributed by atoms with Gasteiger partial charge in [0.2, 0.25) is 15.7 Å². The molecular weight excluding hydrogens is 430 g/mol. The molecule has 0 fully saturated rings. The summed E-state index contributed by atoms with van der Waals surface area (Å²) in [6.07, 6.45) is 4.02. The number of nitrogens with zero attached hydrogens (tertiary/aromatic N) is 1. The molecule has 2 N–H and O–H groups in total. The van der Waals surface area contributed by atoms with E-state index in [1.165, 1.54) is 32.4 Å². The van der Waals surface area contributed by atoms with Crippen molar-refractivity contribution in [3.05, 3.63) is 72.1 Å². The van der Waals surface area contributed by atoms with Gasteiger partial charge in [0.1, 0.15) is 22.4 Å². The minimum atomic E-state index is -3.81. The van der Waals surface area contributed by atoms with Gasteiger partial charge in [0.15, 0.2) is 0 Å². The van der Waals surface area contributed by atoms with Gasteiger partial charge in [-0.3, -0.25) is 9.78 Å². The molecule has 1 aliphatic heterocycles. The van der Waals surface area contributed by atoms with Gasteiger partial charge in [-0.25, -0.2) is 8.42 Å². The molecule has 166 valence electrons. The number of ether oxygens (including phenoxy) is 2. The molecule has 2 heterocycles. The summed E-state index contributed by atoms with van der Waals surface area (Å²) in [6, 6.07) is 12.5. The number of fused-ring (bicyclic) bond motifs is 1. The minimum absolute atomic E-state index is 0.0294. The van der Waals surface area contributed by atoms with Crippen molar-refractivity contribution in [1.82, 2.24) is 10.3 Å². The van der Waals surface area contributed by atoms with E-state index in [2.05, 4.69) is 15.6 Å². The lowest BCUT2D eigenvalue weighted by Crippen LogP contribution is -2.38. The summed E-state index contributed by atoms with van der Waals surface area (Å²) in [5.41, 5.74) is 2.71. The van der Waals surface area contributed by atoms with Crippen LogP contribution in [-0.2, 0) is 27.6 Å². The summed E-state index contributed by atoms with van der Waals surface area (Å²) < 4.78 is 36.6. The Bertz CT molecular complexity index is 1220. The Balaban J connectivity index is 1.44. The number of amides is 1. The van der Waals surface area contributed by atoms with Crippen LogP contribution in [-0.4, -0.2) is 39.6 Å². The molecule has 32 heavy (non-hydrogen) atoms. The highest BCUT2D eigenvalue weighted by molar-refractivity contribution is 7.91. The number of benzene rings is 2. The van der Waals surface area contributed by atoms with E-state index in [1.54, 1.807) is 36.7 Å². The van der Waals surface area contributed by atoms with Crippen LogP contribution in [0.3, 0.4) is 0 Å². The average Bonchev–Trinajstić information content (AvgIpc) is 3.27. The number of anilines is 1. The van der Waals surface area contributed by atoms with Crippen LogP contribution in [0.15, 0.2) is 70.7 Å². The van der Waals surface area contributed by atoms with Gasteiger partial charge >= 0.3 is 0 Å². The summed E-state index contributed by atoms with van der Waals surface area (Å²) in [6.45, 7) is 0.286. The fourth-order valence-electron chi connectivity index (χ4n) is 3.57. The standard InChI is InChI=1S/C23H23N3O5S/c1-30-17-5-8-21(31-2)22(12-17)32(28,29)18-6-3-15(4-7-18)13-25-23(27)20-11-16-14-24-10-9-19(16)26-20/h3-10,12,14,20,26H,11,13H2,1-2H3,(H,25,27). The van der Waals surface area contributed by atoms with Crippen molar-refractivity contribution in [2.45, 2.75) is 28.8 Å². The zero-order valence-corrected chi connectivity index (χ0v) is 18.5. The molecule has 0 bridgehead atoms. The second-order valence-corrected chi connectivity index (χ2v) is 9.23. The lowest BCUT2D eigenvalue weighted by atomic mass is 10.1. The molecule has 1 atom stereocenters. The zero-order chi connectivity index (χ0) is 22.7. The third-order valence-corrected chi connectivity index (χ3v) is 7.13. The van der Waals surface area contributed by atoms with E-state index >= 15 is 0 Å². The van der Waals surface area contributed by atoms with Gasteiger partial charge in [-0.15, -0.1) is 0 Å². The summed E-state index contributed by atoms with van der Waals surface area (Å²) in [5.74, 6) is 0.531. The number of methoxy groups -OCH3 is 2. The summed E-state index contributed by atoms with van der Waals surface area (Å²) in [4.78, 5) is 16.7. The predicted octanol–water partition coefficient (Wildman–Crippen LogP) is 2.58. The molecule has 0 spiro atoms. The first-order valence-corrected chi connectivity index (χ1v) is 11.4. The van der Waals surface area contributed by atoms with Gasteiger partial charge in [-0.1, -0.05) is 12.1 Å². The third kappa shape index (κ3) is 4.24. The summed E-state index contributed by atoms with van der Waals surface area (Å²) >= 11 is 0. The maximum absolute atomic E-state index is 13.1. The van der Waals surface area contributed by atoms with Crippen molar-refractivity contribution in [2.75, 3.05) is 19.5 Å². The van der Waals surface area contributed by atoms with Crippen LogP contribution in [0.2, 0.25) is 0 Å². The van der Waals surface area contributed by atoms with Crippen LogP contribution in [0, 0.1) is 0 Å². The van der Waals surface area contributed by atoms with Gasteiger partial charge in [0, 0.05) is 37.1 Å². The van der Waals surface area contributed by atoms with Crippen molar-refractivity contribution in [1.29, 1.82) is 0 Å². The highest BCUT2D eigenvalue weighted by atomic mass is 32.2. The van der Waals surface area contributed by atoms with Gasteiger partial charge in [-0.05, 0) is 41.5 Å². The van der Waals surface area contributed by atoms with Crippen molar-refractivity contribution in [2.24, 2.45) is 0 Å². The molecule has 1 amide bonds. The number of pyridine rings is 1. The molecular formula is C23H23N3O5S. The van der Waals surface area contributed by atoms with E-state index < -0.39 is 9.84 Å². The Morgan fingerprint density at radius 1 is 1.12 bits per heavy atom. The number of hydrogen-bond donors (Lipinski definition) is 2. The predicted molar refractivity (Wildman–Crippen MR) is 119 cm³/mol. The van der Waals surface area contributed by atoms with Crippen molar-refractivity contribution in [3.8, 4) is 11.5 Å². The molecule has 0 radical (unpaired) electrons. The molecule has 3 aromatic rings. The highest BCUT2D eigenvalue weighted by Crippen LogP contribution is 2.32. The van der Waals surface area contributed by atoms with Crippen molar-refractivity contribution in [3.63, 3.8) is 0 Å². The van der Waals surface area contributed by atoms with Crippen LogP contribution in [0.1, 0.15) is 11.1 Å². The second-order valence-electron chi connectivity index (χ2n) is 7.32. The summed E-state index contributed by atoms with van der Waals surface area (Å²) in [5, 5.41) is 6.08. The average molecular weight is 454 g/mol. The van der Waals surface area contributed by atoms with E-state index in [1.807, 2.05) is 6.07 Å². The monoisotopic (exact) mass is 453 g/mol. The Labute approximate surface area is 186 Å². The Morgan fingerprint density at radius 3 is 2.59 bits per heavy atom. The topological polar surface area (TPSA) is 107 Å². The van der Waals surface area contributed by atoms with Crippen LogP contribution in [0.25, 0.3) is 0 Å². The molecule has 0 saturated carbocycles. The molecule has 1 unspecified atom stereocenters. The molecule has 1 aliphatic rings. The van der Waals surface area contributed by atoms with Gasteiger partial charge < -0.3 is 20.1 Å². The lowest BCUT2D eigenvalue weighted by Gasteiger charge is -2.13. The van der Waals surface area contributed by atoms with Crippen LogP contribution in [0.4, 0.5) is 5.69 Å². The molecule has 0 aliphatic carbocycles. The van der Waals surface area contributed by atoms with Gasteiger partial charge in [-0.2, -0.15) is 0 Å². The zero-order valence-electron chi connectivity index (χ0n) is 17.7. The van der Waals surface area contributed by atoms with Crippen LogP contribution < -0.4 is 20.1 Å². The fraction of sp³-hybridized carbons (Fsp3) is 0.217. The molecule has 8 nitrogen and oxygen atoms in total. The van der Waals surface area contributed by atoms with Crippen LogP contribution in [0.5, 0.6) is 11.5 Å². The maximum Gasteiger partial charge on any atom is 0.243 e. The smallest absolute Gasteiger partial charge is 0.243 e. The minimum Gasteiger partial charge on any atom is -0.497 e. The van der Waals surface area contributed by atoms with Crippen LogP contribution >= 0.6 is 0 Å². The largest absolute Gasteiger partial charge is 0.497 e. The van der Waals surface area contributed by atoms with E-state index in [0.29, 0.717) is 12.2 Å². The van der Waals surface area contributed by atoms with Gasteiger partial charge in [0.05, 0.1) is 19.1 Å². The van der Waals surface area contributed by atoms with E-state index in [0.717, 1.165) is 16.8 Å². The Kier molecular flexibility index (Phi) is 6.00. The number of rotatable bonds is 7. The number of hydrogen-bond acceptors (Lipinski definition) is 7. The summed E-state index contributed by atoms with van der Waals surface area (Å²) in [7, 11) is -0.927. The molecule has 1 aromatic heterocycles. The normalized spacial score (nSPS) is 14.9. The quantitative estimate of drug-likeness (QED) is 0.566. The lowest BCUT2D eigenvalue weighted by molar-refractivity contribution is -0.121. The first-order valence-electron chi connectivity index (χ1n) is 9.95. The number of nitrogens with one attached hydrogen (secondary N) is 2. The van der Waals surface area contributed by atoms with Crippen molar-refractivity contribution >= 4 is 21.4 Å². The number of carbonyl (C=O) groups is 1.